The lowest BCUT2D eigenvalue weighted by Gasteiger charge is -2.07. The minimum absolute atomic E-state index is 1.21. The Morgan fingerprint density at radius 1 is 1.07 bits per heavy atom. The Morgan fingerprint density at radius 3 is 2.43 bits per heavy atom. The van der Waals surface area contributed by atoms with Gasteiger partial charge in [0.15, 0.2) is 0 Å². The molecule has 2 rings (SSSR count). The Morgan fingerprint density at radius 2 is 1.79 bits per heavy atom. The Bertz CT molecular complexity index is 410. The van der Waals surface area contributed by atoms with Crippen molar-refractivity contribution in [1.29, 1.82) is 0 Å². The largest absolute Gasteiger partial charge is 0.0763 e. The molecule has 0 atom stereocenters. The molecule has 0 spiro atoms. The minimum atomic E-state index is 1.21. The van der Waals surface area contributed by atoms with E-state index in [1.54, 1.807) is 5.57 Å². The lowest BCUT2D eigenvalue weighted by Crippen LogP contribution is -2.31. The van der Waals surface area contributed by atoms with Gasteiger partial charge in [0, 0.05) is 0 Å². The molecule has 1 aliphatic carbocycles. The van der Waals surface area contributed by atoms with Crippen molar-refractivity contribution >= 4 is 11.6 Å². The summed E-state index contributed by atoms with van der Waals surface area (Å²) >= 11 is 0. The zero-order chi connectivity index (χ0) is 10.6. The predicted molar refractivity (Wildman–Crippen MR) is 64.6 cm³/mol. The standard InChI is InChI=1S/C12H14.C2H6/c1-9-5-3-7-11-8-4-6-10(2)12(9)11;1-2/h3,5,7-8H,4,6H2,1-2H3;1-2H3. The number of fused-ring (bicyclic) bond motifs is 1. The lowest BCUT2D eigenvalue weighted by molar-refractivity contribution is 1.06. The molecule has 0 unspecified atom stereocenters. The second-order valence-electron chi connectivity index (χ2n) is 3.56. The zero-order valence-corrected chi connectivity index (χ0v) is 9.72. The summed E-state index contributed by atoms with van der Waals surface area (Å²) in [6, 6.07) is 6.55. The van der Waals surface area contributed by atoms with Gasteiger partial charge in [0.2, 0.25) is 0 Å². The summed E-state index contributed by atoms with van der Waals surface area (Å²) in [5.74, 6) is 0. The van der Waals surface area contributed by atoms with Gasteiger partial charge in [-0.05, 0) is 42.7 Å². The molecule has 0 saturated heterocycles. The van der Waals surface area contributed by atoms with Crippen molar-refractivity contribution in [2.75, 3.05) is 0 Å². The summed E-state index contributed by atoms with van der Waals surface area (Å²) in [6.45, 7) is 8.44. The maximum atomic E-state index is 2.34. The van der Waals surface area contributed by atoms with Gasteiger partial charge in [-0.25, -0.2) is 0 Å². The molecule has 76 valence electrons. The smallest absolute Gasteiger partial charge is 0.0169 e. The maximum Gasteiger partial charge on any atom is -0.0169 e. The first kappa shape index (κ1) is 11.0. The van der Waals surface area contributed by atoms with Gasteiger partial charge in [-0.3, -0.25) is 0 Å². The van der Waals surface area contributed by atoms with Crippen LogP contribution in [0.3, 0.4) is 0 Å². The maximum absolute atomic E-state index is 2.34. The van der Waals surface area contributed by atoms with Crippen molar-refractivity contribution in [2.45, 2.75) is 40.5 Å². The third-order valence-electron chi connectivity index (χ3n) is 2.62. The summed E-state index contributed by atoms with van der Waals surface area (Å²) in [6.07, 6.45) is 4.79. The minimum Gasteiger partial charge on any atom is -0.0763 e. The first-order chi connectivity index (χ1) is 6.79. The third-order valence-corrected chi connectivity index (χ3v) is 2.62. The Labute approximate surface area is 87.0 Å². The molecule has 0 N–H and O–H groups in total. The molecular weight excluding hydrogens is 168 g/mol. The van der Waals surface area contributed by atoms with Crippen LogP contribution in [0.4, 0.5) is 0 Å². The van der Waals surface area contributed by atoms with E-state index in [-0.39, 0.29) is 0 Å². The van der Waals surface area contributed by atoms with E-state index < -0.39 is 0 Å². The van der Waals surface area contributed by atoms with Gasteiger partial charge in [-0.1, -0.05) is 43.7 Å². The molecule has 1 aromatic rings. The van der Waals surface area contributed by atoms with E-state index >= 15 is 0 Å². The topological polar surface area (TPSA) is 0 Å². The Balaban J connectivity index is 0.000000461. The van der Waals surface area contributed by atoms with Crippen LogP contribution in [-0.4, -0.2) is 0 Å². The molecule has 0 amide bonds. The van der Waals surface area contributed by atoms with E-state index in [0.29, 0.717) is 0 Å². The van der Waals surface area contributed by atoms with Gasteiger partial charge >= 0.3 is 0 Å². The normalized spacial score (nSPS) is 13.6. The predicted octanol–water partition coefficient (Wildman–Crippen LogP) is 2.77. The third kappa shape index (κ3) is 2.06. The lowest BCUT2D eigenvalue weighted by atomic mass is 9.98. The summed E-state index contributed by atoms with van der Waals surface area (Å²) in [5, 5.41) is 2.92. The number of rotatable bonds is 0. The molecule has 14 heavy (non-hydrogen) atoms. The summed E-state index contributed by atoms with van der Waals surface area (Å²) < 4.78 is 0. The highest BCUT2D eigenvalue weighted by atomic mass is 14.1. The van der Waals surface area contributed by atoms with E-state index in [1.165, 1.54) is 28.8 Å². The van der Waals surface area contributed by atoms with Gasteiger partial charge in [-0.2, -0.15) is 0 Å². The van der Waals surface area contributed by atoms with E-state index in [2.05, 4.69) is 38.1 Å². The van der Waals surface area contributed by atoms with Crippen molar-refractivity contribution in [3.63, 3.8) is 0 Å². The van der Waals surface area contributed by atoms with Crippen LogP contribution in [0.15, 0.2) is 18.2 Å². The average molecular weight is 188 g/mol. The second kappa shape index (κ2) is 4.99. The molecule has 0 radical (unpaired) electrons. The SMILES string of the molecule is CC.CC1=c2c(C)cccc2=CCC1. The number of hydrogen-bond acceptors (Lipinski definition) is 0. The molecule has 0 aliphatic heterocycles. The van der Waals surface area contributed by atoms with Crippen LogP contribution in [0, 0.1) is 6.92 Å². The Hall–Kier alpha value is -1.04. The summed E-state index contributed by atoms with van der Waals surface area (Å²) in [5.41, 5.74) is 2.96. The molecule has 0 fully saturated rings. The summed E-state index contributed by atoms with van der Waals surface area (Å²) in [7, 11) is 0. The first-order valence-corrected chi connectivity index (χ1v) is 5.54. The molecule has 0 bridgehead atoms. The fourth-order valence-corrected chi connectivity index (χ4v) is 2.01. The molecular formula is C14H20. The number of aryl methyl sites for hydroxylation is 1. The number of hydrogen-bond donors (Lipinski definition) is 0. The molecule has 1 aromatic carbocycles. The molecule has 0 heterocycles. The first-order valence-electron chi connectivity index (χ1n) is 5.54. The second-order valence-corrected chi connectivity index (χ2v) is 3.56. The van der Waals surface area contributed by atoms with Crippen molar-refractivity contribution in [2.24, 2.45) is 0 Å². The summed E-state index contributed by atoms with van der Waals surface area (Å²) in [4.78, 5) is 0. The van der Waals surface area contributed by atoms with Crippen LogP contribution in [0.5, 0.6) is 0 Å². The highest BCUT2D eigenvalue weighted by Crippen LogP contribution is 2.06. The molecule has 0 aromatic heterocycles. The van der Waals surface area contributed by atoms with Crippen molar-refractivity contribution in [3.8, 4) is 0 Å². The fraction of sp³-hybridized carbons (Fsp3) is 0.429. The number of benzene rings is 1. The average Bonchev–Trinajstić information content (AvgIpc) is 2.21. The van der Waals surface area contributed by atoms with E-state index in [1.807, 2.05) is 13.8 Å². The molecule has 0 nitrogen and oxygen atoms in total. The molecule has 0 saturated carbocycles. The quantitative estimate of drug-likeness (QED) is 0.587. The van der Waals surface area contributed by atoms with Gasteiger partial charge in [0.05, 0.1) is 0 Å². The van der Waals surface area contributed by atoms with Crippen LogP contribution in [-0.2, 0) is 0 Å². The highest BCUT2D eigenvalue weighted by molar-refractivity contribution is 5.50. The highest BCUT2D eigenvalue weighted by Gasteiger charge is 2.00. The van der Waals surface area contributed by atoms with Crippen LogP contribution in [0.1, 0.15) is 39.2 Å². The van der Waals surface area contributed by atoms with E-state index in [4.69, 9.17) is 0 Å². The van der Waals surface area contributed by atoms with Crippen molar-refractivity contribution in [1.82, 2.24) is 0 Å². The van der Waals surface area contributed by atoms with Gasteiger partial charge in [0.1, 0.15) is 0 Å². The van der Waals surface area contributed by atoms with Crippen molar-refractivity contribution in [3.05, 3.63) is 34.2 Å². The van der Waals surface area contributed by atoms with Gasteiger partial charge in [-0.15, -0.1) is 0 Å². The van der Waals surface area contributed by atoms with E-state index in [9.17, 15) is 0 Å². The van der Waals surface area contributed by atoms with Gasteiger partial charge < -0.3 is 0 Å². The Kier molecular flexibility index (Phi) is 3.94. The fourth-order valence-electron chi connectivity index (χ4n) is 2.01. The van der Waals surface area contributed by atoms with Gasteiger partial charge in [0.25, 0.3) is 0 Å². The zero-order valence-electron chi connectivity index (χ0n) is 9.72. The van der Waals surface area contributed by atoms with Crippen LogP contribution in [0.25, 0.3) is 11.6 Å². The molecule has 0 heteroatoms. The van der Waals surface area contributed by atoms with Crippen LogP contribution in [0.2, 0.25) is 0 Å². The molecule has 1 aliphatic rings. The van der Waals surface area contributed by atoms with Crippen LogP contribution >= 0.6 is 0 Å². The monoisotopic (exact) mass is 188 g/mol. The van der Waals surface area contributed by atoms with Crippen molar-refractivity contribution < 1.29 is 0 Å². The van der Waals surface area contributed by atoms with Crippen LogP contribution < -0.4 is 10.4 Å². The van der Waals surface area contributed by atoms with E-state index in [0.717, 1.165) is 0 Å².